The van der Waals surface area contributed by atoms with Gasteiger partial charge < -0.3 is 0 Å². The van der Waals surface area contributed by atoms with Gasteiger partial charge in [0, 0.05) is 0 Å². The summed E-state index contributed by atoms with van der Waals surface area (Å²) in [4.78, 5) is 3.71. The first kappa shape index (κ1) is 23.3. The summed E-state index contributed by atoms with van der Waals surface area (Å²) >= 11 is 0. The van der Waals surface area contributed by atoms with Gasteiger partial charge in [0.15, 0.2) is 0 Å². The third kappa shape index (κ3) is 1.96. The summed E-state index contributed by atoms with van der Waals surface area (Å²) in [5.41, 5.74) is 0. The Kier molecular flexibility index (Phi) is 2.63. The summed E-state index contributed by atoms with van der Waals surface area (Å²) in [6.07, 6.45) is 10.1. The van der Waals surface area contributed by atoms with E-state index >= 15 is 0 Å². The molecule has 0 bridgehead atoms. The van der Waals surface area contributed by atoms with E-state index in [2.05, 4.69) is 91.2 Å². The van der Waals surface area contributed by atoms with Gasteiger partial charge in [-0.1, -0.05) is 0 Å². The number of aromatic nitrogens is 1. The van der Waals surface area contributed by atoms with Crippen molar-refractivity contribution in [1.29, 1.82) is 0 Å². The third-order valence-electron chi connectivity index (χ3n) is 10.8. The molecule has 2 rings (SSSR count). The molecule has 1 aromatic rings. The molecule has 0 saturated carbocycles. The average molecular weight is 416 g/mol. The molecule has 1 aliphatic rings. The number of halogens is 2. The normalized spacial score (nSPS) is 26.6. The van der Waals surface area contributed by atoms with E-state index in [0.717, 1.165) is 6.42 Å². The Hall–Kier alpha value is 0.271. The fourth-order valence-corrected chi connectivity index (χ4v) is 23.5. The summed E-state index contributed by atoms with van der Waals surface area (Å²) in [5.74, 6) is 0. The van der Waals surface area contributed by atoms with E-state index in [4.69, 9.17) is 0 Å². The molecular formula is C18H39Cl2NSiTi. The summed E-state index contributed by atoms with van der Waals surface area (Å²) in [6, 6.07) is 4.52. The monoisotopic (exact) mass is 415 g/mol. The summed E-state index contributed by atoms with van der Waals surface area (Å²) in [7, 11) is -5.48. The second-order valence-corrected chi connectivity index (χ2v) is 99.9. The minimum Gasteiger partial charge on any atom is -0.147 e. The van der Waals surface area contributed by atoms with E-state index in [1.807, 2.05) is 0 Å². The molecule has 0 aliphatic heterocycles. The van der Waals surface area contributed by atoms with Gasteiger partial charge in [0.05, 0.1) is 0 Å². The van der Waals surface area contributed by atoms with E-state index in [-0.39, 0.29) is 24.8 Å². The van der Waals surface area contributed by atoms with Crippen molar-refractivity contribution < 1.29 is 8.15 Å². The van der Waals surface area contributed by atoms with Crippen LogP contribution in [0.2, 0.25) is 49.7 Å². The smallest absolute Gasteiger partial charge is 0.147 e. The van der Waals surface area contributed by atoms with Crippen LogP contribution in [0, 0.1) is 0 Å². The molecule has 0 fully saturated rings. The van der Waals surface area contributed by atoms with Crippen LogP contribution < -0.4 is 4.00 Å². The van der Waals surface area contributed by atoms with Gasteiger partial charge in [-0.3, -0.25) is 0 Å². The number of hydrogen-bond donors (Lipinski definition) is 1. The maximum Gasteiger partial charge on any atom is -0.147 e. The van der Waals surface area contributed by atoms with Crippen molar-refractivity contribution >= 4 is 35.5 Å². The second-order valence-electron chi connectivity index (χ2n) is 20.0. The SMILES string of the molecule is C[SiH](C)[Ti]([CH3])([CH3])([CH3])([CH3])([CH3])([CH3])([CH3])([C]1=CC=CC1)[c]1ccc[nH]1.Cl.Cl. The predicted molar refractivity (Wildman–Crippen MR) is 117 cm³/mol. The maximum atomic E-state index is 3.71. The molecule has 0 saturated heterocycles. The van der Waals surface area contributed by atoms with Crippen LogP contribution in [0.25, 0.3) is 0 Å². The van der Waals surface area contributed by atoms with Crippen LogP contribution in [0.3, 0.4) is 0 Å². The van der Waals surface area contributed by atoms with Gasteiger partial charge in [-0.15, -0.1) is 24.8 Å². The molecule has 0 radical (unpaired) electrons. The van der Waals surface area contributed by atoms with Crippen molar-refractivity contribution in [2.24, 2.45) is 0 Å². The molecule has 1 aliphatic carbocycles. The quantitative estimate of drug-likeness (QED) is 0.510. The molecule has 0 spiro atoms. The fourth-order valence-electron chi connectivity index (χ4n) is 4.39. The first-order chi connectivity index (χ1) is 8.55. The molecule has 0 atom stereocenters. The predicted octanol–water partition coefficient (Wildman–Crippen LogP) is 7.02. The largest absolute Gasteiger partial charge is 0.147 e. The van der Waals surface area contributed by atoms with E-state index in [1.54, 1.807) is 3.88 Å². The summed E-state index contributed by atoms with van der Waals surface area (Å²) < 4.78 is 3.04. The van der Waals surface area contributed by atoms with Gasteiger partial charge in [0.2, 0.25) is 0 Å². The molecule has 1 N–H and O–H groups in total. The van der Waals surface area contributed by atoms with Crippen molar-refractivity contribution in [3.05, 3.63) is 40.4 Å². The molecule has 1 aromatic heterocycles. The van der Waals surface area contributed by atoms with Gasteiger partial charge in [-0.05, 0) is 0 Å². The van der Waals surface area contributed by atoms with Crippen molar-refractivity contribution in [3.8, 4) is 0 Å². The minimum absolute atomic E-state index is 0. The molecular weight excluding hydrogens is 377 g/mol. The molecule has 0 amide bonds. The third-order valence-corrected chi connectivity index (χ3v) is 82.0. The Bertz CT molecular complexity index is 820. The molecule has 138 valence electrons. The number of hydrogen-bond acceptors (Lipinski definition) is 0. The molecule has 5 heteroatoms. The van der Waals surface area contributed by atoms with Crippen LogP contribution in [0.1, 0.15) is 6.42 Å². The Morgan fingerprint density at radius 3 is 1.78 bits per heavy atom. The van der Waals surface area contributed by atoms with E-state index < -0.39 is 14.8 Å². The van der Waals surface area contributed by atoms with E-state index in [9.17, 15) is 0 Å². The van der Waals surface area contributed by atoms with Gasteiger partial charge in [-0.25, -0.2) is 0 Å². The minimum atomic E-state index is -5.48. The van der Waals surface area contributed by atoms with Crippen LogP contribution >= 0.6 is 24.8 Å². The van der Waals surface area contributed by atoms with Crippen molar-refractivity contribution in [1.82, 2.24) is 4.98 Å². The standard InChI is InChI=1S/C5H5.C4H4N.C2H7Si.7CH3.2ClH.Ti/c2*1-2-4-5-3-1;1-3-2;;;;;;;;;;/h1-3H,4H2;1-3,5H;3H,1-2H3;7*1H3;2*1H;. The van der Waals surface area contributed by atoms with Crippen molar-refractivity contribution in [3.63, 3.8) is 0 Å². The van der Waals surface area contributed by atoms with Crippen LogP contribution in [-0.2, 0) is 8.15 Å². The Labute approximate surface area is 144 Å². The van der Waals surface area contributed by atoms with E-state index in [1.165, 1.54) is 4.00 Å². The molecule has 1 heterocycles. The van der Waals surface area contributed by atoms with Crippen LogP contribution in [0.5, 0.6) is 0 Å². The van der Waals surface area contributed by atoms with Crippen LogP contribution in [-0.4, -0.2) is 11.6 Å². The maximum absolute atomic E-state index is 5.48. The second kappa shape index (κ2) is 2.60. The summed E-state index contributed by atoms with van der Waals surface area (Å²) in [6.45, 7) is 3.76. The first-order valence-corrected chi connectivity index (χ1v) is 26.7. The molecule has 1 nitrogen and oxygen atoms in total. The Balaban J connectivity index is 0.00000242. The average Bonchev–Trinajstić information content (AvgIpc) is 2.91. The van der Waals surface area contributed by atoms with Crippen molar-refractivity contribution in [2.75, 3.05) is 0 Å². The zero-order chi connectivity index (χ0) is 16.7. The number of aromatic amines is 1. The van der Waals surface area contributed by atoms with Crippen LogP contribution in [0.4, 0.5) is 0 Å². The van der Waals surface area contributed by atoms with E-state index in [0.29, 0.717) is 0 Å². The van der Waals surface area contributed by atoms with Crippen LogP contribution in [0.15, 0.2) is 40.4 Å². The van der Waals surface area contributed by atoms with Gasteiger partial charge in [0.25, 0.3) is 0 Å². The van der Waals surface area contributed by atoms with Gasteiger partial charge in [0.1, 0.15) is 0 Å². The van der Waals surface area contributed by atoms with Gasteiger partial charge in [-0.2, -0.15) is 0 Å². The zero-order valence-corrected chi connectivity index (χ0v) is 20.9. The number of H-pyrrole nitrogens is 1. The van der Waals surface area contributed by atoms with Gasteiger partial charge >= 0.3 is 120 Å². The summed E-state index contributed by atoms with van der Waals surface area (Å²) in [5, 5.41) is 18.6. The molecule has 0 unspecified atom stereocenters. The number of nitrogens with one attached hydrogen (secondary N) is 1. The first-order valence-electron chi connectivity index (χ1n) is 8.65. The Morgan fingerprint density at radius 2 is 1.48 bits per heavy atom. The zero-order valence-electron chi connectivity index (χ0n) is 16.6. The topological polar surface area (TPSA) is 15.8 Å². The number of rotatable bonds is 3. The molecule has 23 heavy (non-hydrogen) atoms. The molecule has 0 aromatic carbocycles. The number of allylic oxidation sites excluding steroid dienone is 4. The van der Waals surface area contributed by atoms with Crippen molar-refractivity contribution in [2.45, 2.75) is 56.1 Å². The Morgan fingerprint density at radius 1 is 0.957 bits per heavy atom. The fraction of sp³-hybridized carbons (Fsp3) is 0.556.